The molecule has 164 valence electrons. The van der Waals surface area contributed by atoms with Crippen molar-refractivity contribution >= 4 is 11.6 Å². The Bertz CT molecular complexity index is 615. The van der Waals surface area contributed by atoms with Gasteiger partial charge in [0, 0.05) is 51.0 Å². The molecular formula is C22H39N5O2. The number of likely N-dealkylation sites (N-methyl/N-ethyl adjacent to an activating group) is 1. The van der Waals surface area contributed by atoms with Crippen LogP contribution in [0.5, 0.6) is 11.5 Å². The number of methoxy groups -OCH3 is 1. The molecule has 1 aromatic rings. The average Bonchev–Trinajstić information content (AvgIpc) is 2.74. The highest BCUT2D eigenvalue weighted by atomic mass is 16.5. The molecule has 0 aliphatic carbocycles. The van der Waals surface area contributed by atoms with Crippen LogP contribution in [0.25, 0.3) is 0 Å². The highest BCUT2D eigenvalue weighted by Crippen LogP contribution is 2.30. The highest BCUT2D eigenvalue weighted by Gasteiger charge is 2.14. The van der Waals surface area contributed by atoms with Crippen molar-refractivity contribution in [3.8, 4) is 11.5 Å². The molecule has 1 aromatic carbocycles. The van der Waals surface area contributed by atoms with Gasteiger partial charge in [-0.05, 0) is 51.9 Å². The van der Waals surface area contributed by atoms with Crippen molar-refractivity contribution in [2.45, 2.75) is 33.6 Å². The Kier molecular flexibility index (Phi) is 10.7. The standard InChI is InChI=1S/C22H39N5O2/c1-5-23-22(25-19-10-11-20(28-4)21(18-19)29-7-3)24-12-8-9-13-27-16-14-26(6-2)15-17-27/h10-11,18H,5-9,12-17H2,1-4H3,(H2,23,24,25). The maximum absolute atomic E-state index is 5.66. The van der Waals surface area contributed by atoms with Gasteiger partial charge in [-0.2, -0.15) is 0 Å². The minimum atomic E-state index is 0.599. The lowest BCUT2D eigenvalue weighted by atomic mass is 10.2. The van der Waals surface area contributed by atoms with Crippen LogP contribution in [0, 0.1) is 0 Å². The third-order valence-electron chi connectivity index (χ3n) is 5.13. The topological polar surface area (TPSA) is 61.4 Å². The molecule has 0 aromatic heterocycles. The fourth-order valence-electron chi connectivity index (χ4n) is 3.43. The van der Waals surface area contributed by atoms with E-state index in [2.05, 4.69) is 34.3 Å². The van der Waals surface area contributed by atoms with Crippen molar-refractivity contribution in [3.05, 3.63) is 18.2 Å². The van der Waals surface area contributed by atoms with Crippen molar-refractivity contribution in [1.29, 1.82) is 0 Å². The number of hydrogen-bond donors (Lipinski definition) is 2. The van der Waals surface area contributed by atoms with Crippen LogP contribution in [0.2, 0.25) is 0 Å². The number of anilines is 1. The lowest BCUT2D eigenvalue weighted by Crippen LogP contribution is -2.46. The average molecular weight is 406 g/mol. The van der Waals surface area contributed by atoms with E-state index in [9.17, 15) is 0 Å². The molecule has 0 unspecified atom stereocenters. The Hall–Kier alpha value is -1.99. The molecule has 0 radical (unpaired) electrons. The number of ether oxygens (including phenoxy) is 2. The Morgan fingerprint density at radius 2 is 1.79 bits per heavy atom. The van der Waals surface area contributed by atoms with Gasteiger partial charge in [0.15, 0.2) is 17.5 Å². The van der Waals surface area contributed by atoms with E-state index in [4.69, 9.17) is 14.5 Å². The summed E-state index contributed by atoms with van der Waals surface area (Å²) in [6.45, 7) is 15.7. The van der Waals surface area contributed by atoms with Crippen LogP contribution in [0.1, 0.15) is 33.6 Å². The zero-order valence-corrected chi connectivity index (χ0v) is 18.7. The maximum atomic E-state index is 5.66. The Morgan fingerprint density at radius 3 is 2.45 bits per heavy atom. The van der Waals surface area contributed by atoms with Crippen molar-refractivity contribution in [3.63, 3.8) is 0 Å². The lowest BCUT2D eigenvalue weighted by molar-refractivity contribution is 0.136. The van der Waals surface area contributed by atoms with Gasteiger partial charge in [-0.1, -0.05) is 6.92 Å². The van der Waals surface area contributed by atoms with Crippen LogP contribution in [-0.4, -0.2) is 81.8 Å². The first-order valence-corrected chi connectivity index (χ1v) is 11.0. The van der Waals surface area contributed by atoms with Crippen LogP contribution < -0.4 is 20.1 Å². The van der Waals surface area contributed by atoms with Gasteiger partial charge in [-0.15, -0.1) is 0 Å². The number of guanidine groups is 1. The number of nitrogens with zero attached hydrogens (tertiary/aromatic N) is 3. The van der Waals surface area contributed by atoms with Crippen molar-refractivity contribution in [2.75, 3.05) is 71.4 Å². The third-order valence-corrected chi connectivity index (χ3v) is 5.13. The largest absolute Gasteiger partial charge is 0.493 e. The monoisotopic (exact) mass is 405 g/mol. The normalized spacial score (nSPS) is 15.9. The second-order valence-corrected chi connectivity index (χ2v) is 7.17. The van der Waals surface area contributed by atoms with E-state index in [-0.39, 0.29) is 0 Å². The second kappa shape index (κ2) is 13.3. The summed E-state index contributed by atoms with van der Waals surface area (Å²) < 4.78 is 11.0. The van der Waals surface area contributed by atoms with E-state index >= 15 is 0 Å². The number of hydrogen-bond acceptors (Lipinski definition) is 5. The van der Waals surface area contributed by atoms with E-state index in [0.717, 1.165) is 42.7 Å². The number of unbranched alkanes of at least 4 members (excludes halogenated alkanes) is 1. The van der Waals surface area contributed by atoms with E-state index in [1.165, 1.54) is 45.7 Å². The van der Waals surface area contributed by atoms with Gasteiger partial charge < -0.3 is 29.9 Å². The molecule has 2 rings (SSSR count). The summed E-state index contributed by atoms with van der Waals surface area (Å²) in [6, 6.07) is 5.84. The fourth-order valence-corrected chi connectivity index (χ4v) is 3.43. The molecule has 7 heteroatoms. The summed E-state index contributed by atoms with van der Waals surface area (Å²) in [6.07, 6.45) is 2.28. The lowest BCUT2D eigenvalue weighted by Gasteiger charge is -2.33. The summed E-state index contributed by atoms with van der Waals surface area (Å²) >= 11 is 0. The first kappa shape index (κ1) is 23.3. The molecule has 0 amide bonds. The molecule has 29 heavy (non-hydrogen) atoms. The number of rotatable bonds is 11. The zero-order valence-electron chi connectivity index (χ0n) is 18.7. The molecule has 7 nitrogen and oxygen atoms in total. The number of aliphatic imine (C=N–C) groups is 1. The van der Waals surface area contributed by atoms with E-state index in [1.807, 2.05) is 25.1 Å². The first-order chi connectivity index (χ1) is 14.2. The van der Waals surface area contributed by atoms with Crippen LogP contribution in [-0.2, 0) is 0 Å². The fraction of sp³-hybridized carbons (Fsp3) is 0.682. The summed E-state index contributed by atoms with van der Waals surface area (Å²) in [5, 5.41) is 6.68. The Balaban J connectivity index is 1.80. The van der Waals surface area contributed by atoms with E-state index in [1.54, 1.807) is 7.11 Å². The maximum Gasteiger partial charge on any atom is 0.195 e. The van der Waals surface area contributed by atoms with Gasteiger partial charge in [0.05, 0.1) is 13.7 Å². The molecule has 1 heterocycles. The molecule has 0 atom stereocenters. The Morgan fingerprint density at radius 1 is 1.03 bits per heavy atom. The Labute approximate surface area is 176 Å². The van der Waals surface area contributed by atoms with Crippen molar-refractivity contribution in [1.82, 2.24) is 15.1 Å². The molecule has 1 saturated heterocycles. The molecule has 1 fully saturated rings. The number of benzene rings is 1. The molecule has 0 spiro atoms. The quantitative estimate of drug-likeness (QED) is 0.335. The van der Waals surface area contributed by atoms with Crippen LogP contribution in [0.4, 0.5) is 5.69 Å². The minimum absolute atomic E-state index is 0.599. The van der Waals surface area contributed by atoms with Crippen molar-refractivity contribution < 1.29 is 9.47 Å². The van der Waals surface area contributed by atoms with E-state index in [0.29, 0.717) is 6.61 Å². The molecule has 0 saturated carbocycles. The summed E-state index contributed by atoms with van der Waals surface area (Å²) in [5.74, 6) is 2.27. The molecule has 0 bridgehead atoms. The molecule has 1 aliphatic rings. The van der Waals surface area contributed by atoms with Gasteiger partial charge in [0.2, 0.25) is 0 Å². The second-order valence-electron chi connectivity index (χ2n) is 7.17. The summed E-state index contributed by atoms with van der Waals surface area (Å²) in [5.41, 5.74) is 0.933. The predicted octanol–water partition coefficient (Wildman–Crippen LogP) is 2.89. The van der Waals surface area contributed by atoms with Crippen molar-refractivity contribution in [2.24, 2.45) is 4.99 Å². The first-order valence-electron chi connectivity index (χ1n) is 11.0. The minimum Gasteiger partial charge on any atom is -0.493 e. The van der Waals surface area contributed by atoms with Gasteiger partial charge in [-0.25, -0.2) is 0 Å². The van der Waals surface area contributed by atoms with Gasteiger partial charge in [0.1, 0.15) is 0 Å². The zero-order chi connectivity index (χ0) is 20.9. The highest BCUT2D eigenvalue weighted by molar-refractivity contribution is 5.93. The molecular weight excluding hydrogens is 366 g/mol. The van der Waals surface area contributed by atoms with Gasteiger partial charge in [-0.3, -0.25) is 4.99 Å². The molecule has 1 aliphatic heterocycles. The summed E-state index contributed by atoms with van der Waals surface area (Å²) in [7, 11) is 1.65. The number of piperazine rings is 1. The van der Waals surface area contributed by atoms with E-state index < -0.39 is 0 Å². The smallest absolute Gasteiger partial charge is 0.195 e. The SMILES string of the molecule is CCNC(=NCCCCN1CCN(CC)CC1)Nc1ccc(OC)c(OCC)c1. The predicted molar refractivity (Wildman–Crippen MR) is 122 cm³/mol. The number of nitrogens with one attached hydrogen (secondary N) is 2. The van der Waals surface area contributed by atoms with Gasteiger partial charge in [0.25, 0.3) is 0 Å². The van der Waals surface area contributed by atoms with Gasteiger partial charge >= 0.3 is 0 Å². The van der Waals surface area contributed by atoms with Crippen LogP contribution in [0.15, 0.2) is 23.2 Å². The third kappa shape index (κ3) is 8.11. The van der Waals surface area contributed by atoms with Crippen LogP contribution in [0.3, 0.4) is 0 Å². The summed E-state index contributed by atoms with van der Waals surface area (Å²) in [4.78, 5) is 9.83. The molecule has 2 N–H and O–H groups in total. The van der Waals surface area contributed by atoms with Crippen LogP contribution >= 0.6 is 0 Å².